The van der Waals surface area contributed by atoms with Crippen LogP contribution in [0.15, 0.2) is 23.4 Å². The first-order valence-corrected chi connectivity index (χ1v) is 4.88. The third kappa shape index (κ3) is 3.16. The number of nitrogens with zero attached hydrogens (tertiary/aromatic N) is 1. The van der Waals surface area contributed by atoms with Crippen molar-refractivity contribution in [2.45, 2.75) is 13.8 Å². The van der Waals surface area contributed by atoms with E-state index >= 15 is 0 Å². The number of hydrogen-bond donors (Lipinski definition) is 1. The monoisotopic (exact) mass is 209 g/mol. The normalized spacial score (nSPS) is 10.5. The Morgan fingerprint density at radius 3 is 2.47 bits per heavy atom. The summed E-state index contributed by atoms with van der Waals surface area (Å²) in [7, 11) is 0. The van der Waals surface area contributed by atoms with Gasteiger partial charge in [0, 0.05) is 5.56 Å². The van der Waals surface area contributed by atoms with Crippen molar-refractivity contribution in [2.24, 2.45) is 5.16 Å². The molecule has 1 rings (SSSR count). The first-order valence-electron chi connectivity index (χ1n) is 4.88. The minimum Gasteiger partial charge on any atom is -0.490 e. The second-order valence-corrected chi connectivity index (χ2v) is 2.82. The lowest BCUT2D eigenvalue weighted by Crippen LogP contribution is -1.99. The Balaban J connectivity index is 2.97. The zero-order chi connectivity index (χ0) is 11.1. The second-order valence-electron chi connectivity index (χ2n) is 2.82. The minimum atomic E-state index is 0.569. The van der Waals surface area contributed by atoms with Crippen LogP contribution in [-0.2, 0) is 0 Å². The molecule has 15 heavy (non-hydrogen) atoms. The Kier molecular flexibility index (Phi) is 4.47. The minimum absolute atomic E-state index is 0.569. The van der Waals surface area contributed by atoms with Gasteiger partial charge in [0.05, 0.1) is 19.4 Å². The molecule has 1 N–H and O–H groups in total. The van der Waals surface area contributed by atoms with Gasteiger partial charge in [-0.15, -0.1) is 0 Å². The number of rotatable bonds is 5. The quantitative estimate of drug-likeness (QED) is 0.460. The van der Waals surface area contributed by atoms with E-state index in [4.69, 9.17) is 14.7 Å². The number of ether oxygens (including phenoxy) is 2. The lowest BCUT2D eigenvalue weighted by atomic mass is 10.2. The molecular weight excluding hydrogens is 194 g/mol. The van der Waals surface area contributed by atoms with Crippen LogP contribution >= 0.6 is 0 Å². The molecule has 0 aliphatic heterocycles. The Labute approximate surface area is 89.1 Å². The van der Waals surface area contributed by atoms with Crippen LogP contribution in [0.2, 0.25) is 0 Å². The summed E-state index contributed by atoms with van der Waals surface area (Å²) in [6.07, 6.45) is 1.35. The highest BCUT2D eigenvalue weighted by molar-refractivity contribution is 5.80. The first-order chi connectivity index (χ1) is 7.31. The van der Waals surface area contributed by atoms with Crippen molar-refractivity contribution in [1.29, 1.82) is 0 Å². The van der Waals surface area contributed by atoms with Crippen LogP contribution in [0.1, 0.15) is 19.4 Å². The molecule has 0 spiro atoms. The molecule has 0 fully saturated rings. The Hall–Kier alpha value is -1.71. The molecule has 0 aliphatic rings. The van der Waals surface area contributed by atoms with Crippen LogP contribution in [-0.4, -0.2) is 24.6 Å². The van der Waals surface area contributed by atoms with Crippen molar-refractivity contribution >= 4 is 6.21 Å². The van der Waals surface area contributed by atoms with Crippen LogP contribution in [0.4, 0.5) is 0 Å². The maximum Gasteiger partial charge on any atom is 0.161 e. The van der Waals surface area contributed by atoms with E-state index in [0.29, 0.717) is 24.7 Å². The van der Waals surface area contributed by atoms with E-state index in [1.165, 1.54) is 6.21 Å². The van der Waals surface area contributed by atoms with Crippen LogP contribution in [0.25, 0.3) is 0 Å². The second kappa shape index (κ2) is 5.90. The lowest BCUT2D eigenvalue weighted by Gasteiger charge is -2.10. The summed E-state index contributed by atoms with van der Waals surface area (Å²) in [5.74, 6) is 1.37. The molecule has 0 amide bonds. The summed E-state index contributed by atoms with van der Waals surface area (Å²) in [4.78, 5) is 0. The van der Waals surface area contributed by atoms with Gasteiger partial charge in [0.2, 0.25) is 0 Å². The summed E-state index contributed by atoms with van der Waals surface area (Å²) < 4.78 is 10.8. The number of benzene rings is 1. The molecular formula is C11H15NO3. The van der Waals surface area contributed by atoms with E-state index in [1.807, 2.05) is 13.8 Å². The summed E-state index contributed by atoms with van der Waals surface area (Å²) in [6, 6.07) is 5.37. The fourth-order valence-electron chi connectivity index (χ4n) is 1.21. The highest BCUT2D eigenvalue weighted by atomic mass is 16.5. The molecule has 0 atom stereocenters. The largest absolute Gasteiger partial charge is 0.490 e. The molecule has 0 bridgehead atoms. The topological polar surface area (TPSA) is 51.0 Å². The van der Waals surface area contributed by atoms with E-state index in [0.717, 1.165) is 5.56 Å². The molecule has 0 heterocycles. The van der Waals surface area contributed by atoms with Gasteiger partial charge in [-0.2, -0.15) is 0 Å². The van der Waals surface area contributed by atoms with Gasteiger partial charge in [0.15, 0.2) is 11.5 Å². The summed E-state index contributed by atoms with van der Waals surface area (Å²) in [5.41, 5.74) is 0.768. The van der Waals surface area contributed by atoms with Crippen LogP contribution in [0, 0.1) is 0 Å². The lowest BCUT2D eigenvalue weighted by molar-refractivity contribution is 0.287. The van der Waals surface area contributed by atoms with E-state index in [9.17, 15) is 0 Å². The fourth-order valence-corrected chi connectivity index (χ4v) is 1.21. The van der Waals surface area contributed by atoms with Crippen LogP contribution in [0.5, 0.6) is 11.5 Å². The Bertz CT molecular complexity index is 337. The van der Waals surface area contributed by atoms with Gasteiger partial charge in [0.1, 0.15) is 0 Å². The molecule has 0 unspecified atom stereocenters. The zero-order valence-electron chi connectivity index (χ0n) is 8.93. The van der Waals surface area contributed by atoms with Crippen molar-refractivity contribution in [3.8, 4) is 11.5 Å². The van der Waals surface area contributed by atoms with Gasteiger partial charge >= 0.3 is 0 Å². The van der Waals surface area contributed by atoms with Gasteiger partial charge in [0.25, 0.3) is 0 Å². The summed E-state index contributed by atoms with van der Waals surface area (Å²) in [5, 5.41) is 11.4. The van der Waals surface area contributed by atoms with Crippen molar-refractivity contribution in [3.05, 3.63) is 23.8 Å². The van der Waals surface area contributed by atoms with Gasteiger partial charge in [-0.25, -0.2) is 0 Å². The van der Waals surface area contributed by atoms with Crippen molar-refractivity contribution < 1.29 is 14.7 Å². The van der Waals surface area contributed by atoms with E-state index < -0.39 is 0 Å². The fraction of sp³-hybridized carbons (Fsp3) is 0.364. The average Bonchev–Trinajstić information content (AvgIpc) is 2.23. The maximum absolute atomic E-state index is 8.41. The molecule has 4 nitrogen and oxygen atoms in total. The molecule has 0 aromatic heterocycles. The predicted molar refractivity (Wildman–Crippen MR) is 58.2 cm³/mol. The molecule has 1 aromatic carbocycles. The Morgan fingerprint density at radius 2 is 1.87 bits per heavy atom. The molecule has 82 valence electrons. The van der Waals surface area contributed by atoms with E-state index in [2.05, 4.69) is 5.16 Å². The van der Waals surface area contributed by atoms with E-state index in [1.54, 1.807) is 18.2 Å². The smallest absolute Gasteiger partial charge is 0.161 e. The molecule has 0 saturated carbocycles. The van der Waals surface area contributed by atoms with Gasteiger partial charge in [-0.1, -0.05) is 5.16 Å². The standard InChI is InChI=1S/C11H15NO3/c1-3-14-10-6-5-9(8-12-13)7-11(10)15-4-2/h5-8,13H,3-4H2,1-2H3/b12-8-. The summed E-state index contributed by atoms with van der Waals surface area (Å²) >= 11 is 0. The maximum atomic E-state index is 8.41. The van der Waals surface area contributed by atoms with Crippen molar-refractivity contribution in [1.82, 2.24) is 0 Å². The van der Waals surface area contributed by atoms with E-state index in [-0.39, 0.29) is 0 Å². The number of hydrogen-bond acceptors (Lipinski definition) is 4. The SMILES string of the molecule is CCOc1ccc(/C=N\O)cc1OCC. The molecule has 4 heteroatoms. The molecule has 1 aromatic rings. The average molecular weight is 209 g/mol. The molecule has 0 saturated heterocycles. The van der Waals surface area contributed by atoms with Gasteiger partial charge in [-0.3, -0.25) is 0 Å². The zero-order valence-corrected chi connectivity index (χ0v) is 8.93. The van der Waals surface area contributed by atoms with Crippen LogP contribution in [0.3, 0.4) is 0 Å². The first kappa shape index (κ1) is 11.4. The summed E-state index contributed by atoms with van der Waals surface area (Å²) in [6.45, 7) is 4.98. The highest BCUT2D eigenvalue weighted by Gasteiger charge is 2.04. The van der Waals surface area contributed by atoms with Crippen molar-refractivity contribution in [3.63, 3.8) is 0 Å². The number of oxime groups is 1. The van der Waals surface area contributed by atoms with Crippen molar-refractivity contribution in [2.75, 3.05) is 13.2 Å². The third-order valence-electron chi connectivity index (χ3n) is 1.77. The predicted octanol–water partition coefficient (Wildman–Crippen LogP) is 2.29. The van der Waals surface area contributed by atoms with Gasteiger partial charge < -0.3 is 14.7 Å². The Morgan fingerprint density at radius 1 is 1.20 bits per heavy atom. The highest BCUT2D eigenvalue weighted by Crippen LogP contribution is 2.27. The molecule has 0 aliphatic carbocycles. The molecule has 0 radical (unpaired) electrons. The van der Waals surface area contributed by atoms with Crippen LogP contribution < -0.4 is 9.47 Å². The van der Waals surface area contributed by atoms with Gasteiger partial charge in [-0.05, 0) is 32.0 Å². The third-order valence-corrected chi connectivity index (χ3v) is 1.77.